The standard InChI is InChI=1S/C34H51N7O2/c1-27(2)22-38-18-10-34(11-19-38)12-20-39(26-34)16-5-17-41-21-15-37-31(41)25-40(24-30-35-13-14-36-30)23-28-6-8-29(9-7-28)33(3,4)32(42)43/h6-9,13-15,21,27H,5,10-12,16-20,22-26H2,1-4H3,(H,35,36)(H,42,43). The maximum Gasteiger partial charge on any atom is 0.313 e. The summed E-state index contributed by atoms with van der Waals surface area (Å²) in [7, 11) is 0. The van der Waals surface area contributed by atoms with Crippen LogP contribution in [0, 0.1) is 11.3 Å². The first-order valence-corrected chi connectivity index (χ1v) is 16.1. The first-order valence-electron chi connectivity index (χ1n) is 16.1. The molecule has 0 atom stereocenters. The van der Waals surface area contributed by atoms with Crippen molar-refractivity contribution in [3.05, 3.63) is 71.8 Å². The normalized spacial score (nSPS) is 17.9. The molecule has 43 heavy (non-hydrogen) atoms. The third-order valence-electron chi connectivity index (χ3n) is 9.64. The highest BCUT2D eigenvalue weighted by molar-refractivity contribution is 5.80. The van der Waals surface area contributed by atoms with Crippen LogP contribution in [-0.2, 0) is 36.4 Å². The number of imidazole rings is 2. The average Bonchev–Trinajstić information content (AvgIpc) is 3.73. The zero-order valence-corrected chi connectivity index (χ0v) is 26.6. The topological polar surface area (TPSA) is 93.5 Å². The number of likely N-dealkylation sites (tertiary alicyclic amines) is 2. The average molecular weight is 590 g/mol. The minimum absolute atomic E-state index is 0.543. The SMILES string of the molecule is CC(C)CN1CCC2(CC1)CCN(CCCn1ccnc1CN(Cc1ccc(C(C)(C)C(=O)O)cc1)Cc1ncc[nH]1)C2. The fraction of sp³-hybridized carbons (Fsp3) is 0.618. The van der Waals surface area contributed by atoms with Crippen LogP contribution >= 0.6 is 0 Å². The van der Waals surface area contributed by atoms with Crippen molar-refractivity contribution in [3.63, 3.8) is 0 Å². The largest absolute Gasteiger partial charge is 0.481 e. The van der Waals surface area contributed by atoms with Crippen molar-refractivity contribution >= 4 is 5.97 Å². The molecule has 2 fully saturated rings. The van der Waals surface area contributed by atoms with Crippen LogP contribution in [0.15, 0.2) is 49.1 Å². The molecule has 2 saturated heterocycles. The summed E-state index contributed by atoms with van der Waals surface area (Å²) >= 11 is 0. The first-order chi connectivity index (χ1) is 20.6. The van der Waals surface area contributed by atoms with E-state index in [-0.39, 0.29) is 0 Å². The molecule has 4 heterocycles. The molecule has 3 aromatic rings. The molecule has 0 amide bonds. The fourth-order valence-corrected chi connectivity index (χ4v) is 6.89. The Morgan fingerprint density at radius 1 is 1.00 bits per heavy atom. The minimum Gasteiger partial charge on any atom is -0.481 e. The number of carbonyl (C=O) groups is 1. The lowest BCUT2D eigenvalue weighted by Crippen LogP contribution is -2.42. The Kier molecular flexibility index (Phi) is 10.0. The highest BCUT2D eigenvalue weighted by atomic mass is 16.4. The van der Waals surface area contributed by atoms with Crippen LogP contribution in [0.5, 0.6) is 0 Å². The third kappa shape index (κ3) is 8.13. The lowest BCUT2D eigenvalue weighted by atomic mass is 9.77. The molecule has 0 saturated carbocycles. The zero-order chi connectivity index (χ0) is 30.5. The van der Waals surface area contributed by atoms with Crippen LogP contribution in [0.2, 0.25) is 0 Å². The summed E-state index contributed by atoms with van der Waals surface area (Å²) in [5.74, 6) is 1.91. The van der Waals surface area contributed by atoms with Gasteiger partial charge >= 0.3 is 5.97 Å². The van der Waals surface area contributed by atoms with E-state index in [1.807, 2.05) is 36.7 Å². The van der Waals surface area contributed by atoms with E-state index in [1.165, 1.54) is 52.0 Å². The van der Waals surface area contributed by atoms with Gasteiger partial charge in [0.05, 0.1) is 18.5 Å². The van der Waals surface area contributed by atoms with Gasteiger partial charge in [0.25, 0.3) is 0 Å². The minimum atomic E-state index is -0.919. The van der Waals surface area contributed by atoms with Gasteiger partial charge in [-0.1, -0.05) is 38.1 Å². The van der Waals surface area contributed by atoms with E-state index in [4.69, 9.17) is 4.98 Å². The summed E-state index contributed by atoms with van der Waals surface area (Å²) in [5, 5.41) is 9.60. The summed E-state index contributed by atoms with van der Waals surface area (Å²) in [6.07, 6.45) is 12.9. The number of hydrogen-bond acceptors (Lipinski definition) is 6. The number of carboxylic acids is 1. The van der Waals surface area contributed by atoms with E-state index in [0.29, 0.717) is 25.0 Å². The number of aromatic amines is 1. The number of piperidine rings is 1. The molecule has 9 heteroatoms. The zero-order valence-electron chi connectivity index (χ0n) is 26.6. The van der Waals surface area contributed by atoms with Crippen LogP contribution in [-0.4, -0.2) is 84.6 Å². The molecule has 0 bridgehead atoms. The Labute approximate surface area is 257 Å². The molecule has 1 spiro atoms. The summed E-state index contributed by atoms with van der Waals surface area (Å²) in [6.45, 7) is 18.6. The van der Waals surface area contributed by atoms with E-state index in [9.17, 15) is 9.90 Å². The molecule has 2 N–H and O–H groups in total. The van der Waals surface area contributed by atoms with Crippen molar-refractivity contribution in [2.75, 3.05) is 39.3 Å². The molecule has 0 radical (unpaired) electrons. The number of nitrogens with one attached hydrogen (secondary N) is 1. The molecule has 2 aliphatic heterocycles. The van der Waals surface area contributed by atoms with E-state index in [0.717, 1.165) is 48.2 Å². The number of rotatable bonds is 14. The Balaban J connectivity index is 1.15. The van der Waals surface area contributed by atoms with E-state index < -0.39 is 11.4 Å². The Hall–Kier alpha value is -3.01. The smallest absolute Gasteiger partial charge is 0.313 e. The summed E-state index contributed by atoms with van der Waals surface area (Å²) in [4.78, 5) is 31.9. The van der Waals surface area contributed by atoms with Gasteiger partial charge in [-0.15, -0.1) is 0 Å². The van der Waals surface area contributed by atoms with E-state index in [2.05, 4.69) is 49.3 Å². The van der Waals surface area contributed by atoms with Gasteiger partial charge in [0.1, 0.15) is 11.6 Å². The van der Waals surface area contributed by atoms with Gasteiger partial charge in [0.15, 0.2) is 0 Å². The Morgan fingerprint density at radius 2 is 1.72 bits per heavy atom. The first kappa shape index (κ1) is 31.4. The quantitative estimate of drug-likeness (QED) is 0.273. The number of carboxylic acid groups (broad SMARTS) is 1. The highest BCUT2D eigenvalue weighted by Gasteiger charge is 2.40. The lowest BCUT2D eigenvalue weighted by Gasteiger charge is -2.40. The van der Waals surface area contributed by atoms with Crippen molar-refractivity contribution in [3.8, 4) is 0 Å². The van der Waals surface area contributed by atoms with Crippen molar-refractivity contribution < 1.29 is 9.90 Å². The van der Waals surface area contributed by atoms with Gasteiger partial charge in [0.2, 0.25) is 0 Å². The number of aromatic nitrogens is 4. The highest BCUT2D eigenvalue weighted by Crippen LogP contribution is 2.40. The molecular formula is C34H51N7O2. The number of aryl methyl sites for hydroxylation is 1. The van der Waals surface area contributed by atoms with E-state index in [1.54, 1.807) is 20.0 Å². The van der Waals surface area contributed by atoms with Gasteiger partial charge in [-0.25, -0.2) is 9.97 Å². The second-order valence-corrected chi connectivity index (χ2v) is 13.9. The molecular weight excluding hydrogens is 538 g/mol. The Bertz CT molecular complexity index is 1290. The number of nitrogens with zero attached hydrogens (tertiary/aromatic N) is 6. The molecule has 1 aromatic carbocycles. The summed E-state index contributed by atoms with van der Waals surface area (Å²) < 4.78 is 2.31. The molecule has 0 aliphatic carbocycles. The van der Waals surface area contributed by atoms with Crippen LogP contribution in [0.25, 0.3) is 0 Å². The third-order valence-corrected chi connectivity index (χ3v) is 9.64. The van der Waals surface area contributed by atoms with Gasteiger partial charge in [-0.2, -0.15) is 0 Å². The number of benzene rings is 1. The molecule has 5 rings (SSSR count). The monoisotopic (exact) mass is 589 g/mol. The number of H-pyrrole nitrogens is 1. The summed E-state index contributed by atoms with van der Waals surface area (Å²) in [5.41, 5.74) is 1.56. The van der Waals surface area contributed by atoms with Gasteiger partial charge in [-0.05, 0) is 88.2 Å². The van der Waals surface area contributed by atoms with Gasteiger partial charge in [-0.3, -0.25) is 9.69 Å². The number of hydrogen-bond donors (Lipinski definition) is 2. The van der Waals surface area contributed by atoms with Crippen LogP contribution in [0.1, 0.15) is 76.2 Å². The molecule has 2 aromatic heterocycles. The van der Waals surface area contributed by atoms with Crippen molar-refractivity contribution in [1.82, 2.24) is 34.2 Å². The van der Waals surface area contributed by atoms with Crippen molar-refractivity contribution in [1.29, 1.82) is 0 Å². The maximum absolute atomic E-state index is 11.7. The van der Waals surface area contributed by atoms with Crippen molar-refractivity contribution in [2.24, 2.45) is 11.3 Å². The van der Waals surface area contributed by atoms with E-state index >= 15 is 0 Å². The number of aliphatic carboxylic acids is 1. The predicted octanol–water partition coefficient (Wildman–Crippen LogP) is 5.00. The van der Waals surface area contributed by atoms with Gasteiger partial charge in [0, 0.05) is 51.0 Å². The second kappa shape index (κ2) is 13.7. The van der Waals surface area contributed by atoms with Crippen LogP contribution in [0.4, 0.5) is 0 Å². The molecule has 9 nitrogen and oxygen atoms in total. The lowest BCUT2D eigenvalue weighted by molar-refractivity contribution is -0.142. The predicted molar refractivity (Wildman–Crippen MR) is 169 cm³/mol. The Morgan fingerprint density at radius 3 is 2.37 bits per heavy atom. The molecule has 2 aliphatic rings. The maximum atomic E-state index is 11.7. The summed E-state index contributed by atoms with van der Waals surface area (Å²) in [6, 6.07) is 7.96. The second-order valence-electron chi connectivity index (χ2n) is 13.9. The van der Waals surface area contributed by atoms with Crippen molar-refractivity contribution in [2.45, 2.75) is 85.0 Å². The van der Waals surface area contributed by atoms with Gasteiger partial charge < -0.3 is 24.5 Å². The molecule has 0 unspecified atom stereocenters. The van der Waals surface area contributed by atoms with Crippen LogP contribution in [0.3, 0.4) is 0 Å². The fourth-order valence-electron chi connectivity index (χ4n) is 6.89. The van der Waals surface area contributed by atoms with Crippen LogP contribution < -0.4 is 0 Å². The molecule has 234 valence electrons.